The van der Waals surface area contributed by atoms with Gasteiger partial charge >= 0.3 is 5.97 Å². The zero-order valence-corrected chi connectivity index (χ0v) is 15.5. The van der Waals surface area contributed by atoms with Crippen molar-refractivity contribution in [3.05, 3.63) is 54.2 Å². The summed E-state index contributed by atoms with van der Waals surface area (Å²) in [6.07, 6.45) is 0.344. The minimum absolute atomic E-state index is 0.132. The van der Waals surface area contributed by atoms with Gasteiger partial charge in [-0.3, -0.25) is 9.59 Å². The first-order valence-electron chi connectivity index (χ1n) is 7.91. The first-order chi connectivity index (χ1) is 12.7. The Labute approximate surface area is 156 Å². The Kier molecular flexibility index (Phi) is 6.70. The molecule has 2 aromatic rings. The number of carbonyl (C=O) groups is 2. The lowest BCUT2D eigenvalue weighted by Gasteiger charge is -2.18. The molecule has 0 bridgehead atoms. The van der Waals surface area contributed by atoms with Gasteiger partial charge in [0.1, 0.15) is 18.1 Å². The number of furan rings is 1. The molecule has 27 heavy (non-hydrogen) atoms. The third-order valence-electron chi connectivity index (χ3n) is 3.57. The molecule has 0 saturated heterocycles. The summed E-state index contributed by atoms with van der Waals surface area (Å²) >= 11 is 0. The van der Waals surface area contributed by atoms with E-state index in [1.807, 2.05) is 0 Å². The number of nitrogens with one attached hydrogen (secondary N) is 1. The van der Waals surface area contributed by atoms with E-state index in [0.29, 0.717) is 5.76 Å². The van der Waals surface area contributed by atoms with Crippen LogP contribution in [0.15, 0.2) is 52.0 Å². The summed E-state index contributed by atoms with van der Waals surface area (Å²) < 4.78 is 48.4. The minimum Gasteiger partial charge on any atom is -0.467 e. The molecular weight excluding hydrogens is 379 g/mol. The Bertz CT molecular complexity index is 881. The number of sulfonamides is 1. The van der Waals surface area contributed by atoms with Gasteiger partial charge in [-0.2, -0.15) is 4.31 Å². The fraction of sp³-hybridized carbons (Fsp3) is 0.294. The SMILES string of the molecule is CC(OC(=O)CN(C)S(=O)(=O)c1ccc(F)cc1)C(=O)NCc1ccco1. The molecule has 1 heterocycles. The lowest BCUT2D eigenvalue weighted by atomic mass is 10.3. The fourth-order valence-electron chi connectivity index (χ4n) is 2.07. The van der Waals surface area contributed by atoms with Crippen molar-refractivity contribution in [3.63, 3.8) is 0 Å². The van der Waals surface area contributed by atoms with Crippen molar-refractivity contribution in [3.8, 4) is 0 Å². The Morgan fingerprint density at radius 3 is 2.52 bits per heavy atom. The van der Waals surface area contributed by atoms with Crippen LogP contribution in [0.2, 0.25) is 0 Å². The van der Waals surface area contributed by atoms with E-state index in [1.54, 1.807) is 12.1 Å². The molecule has 0 spiro atoms. The number of esters is 1. The zero-order valence-electron chi connectivity index (χ0n) is 14.7. The van der Waals surface area contributed by atoms with Gasteiger partial charge < -0.3 is 14.5 Å². The van der Waals surface area contributed by atoms with Crippen LogP contribution >= 0.6 is 0 Å². The molecule has 1 amide bonds. The highest BCUT2D eigenvalue weighted by atomic mass is 32.2. The van der Waals surface area contributed by atoms with E-state index in [-0.39, 0.29) is 11.4 Å². The molecule has 1 aromatic heterocycles. The standard InChI is InChI=1S/C17H19FN2O6S/c1-12(17(22)19-10-14-4-3-9-25-14)26-16(21)11-20(2)27(23,24)15-7-5-13(18)6-8-15/h3-9,12H,10-11H2,1-2H3,(H,19,22). The predicted molar refractivity (Wildman–Crippen MR) is 92.3 cm³/mol. The molecule has 10 heteroatoms. The monoisotopic (exact) mass is 398 g/mol. The summed E-state index contributed by atoms with van der Waals surface area (Å²) in [5.74, 6) is -1.50. The van der Waals surface area contributed by atoms with Crippen molar-refractivity contribution in [2.24, 2.45) is 0 Å². The van der Waals surface area contributed by atoms with E-state index in [4.69, 9.17) is 9.15 Å². The number of halogens is 1. The number of nitrogens with zero attached hydrogens (tertiary/aromatic N) is 1. The molecule has 1 aromatic carbocycles. The summed E-state index contributed by atoms with van der Waals surface area (Å²) in [5.41, 5.74) is 0. The highest BCUT2D eigenvalue weighted by Gasteiger charge is 2.25. The number of ether oxygens (including phenoxy) is 1. The van der Waals surface area contributed by atoms with Crippen molar-refractivity contribution in [2.75, 3.05) is 13.6 Å². The quantitative estimate of drug-likeness (QED) is 0.672. The molecule has 146 valence electrons. The van der Waals surface area contributed by atoms with Gasteiger partial charge in [-0.05, 0) is 43.3 Å². The maximum Gasteiger partial charge on any atom is 0.322 e. The van der Waals surface area contributed by atoms with Gasteiger partial charge in [-0.25, -0.2) is 12.8 Å². The molecule has 0 aliphatic heterocycles. The Balaban J connectivity index is 1.87. The summed E-state index contributed by atoms with van der Waals surface area (Å²) in [6.45, 7) is 0.895. The summed E-state index contributed by atoms with van der Waals surface area (Å²) in [4.78, 5) is 23.7. The second-order valence-corrected chi connectivity index (χ2v) is 7.69. The van der Waals surface area contributed by atoms with Crippen molar-refractivity contribution >= 4 is 21.9 Å². The van der Waals surface area contributed by atoms with Crippen LogP contribution in [-0.4, -0.2) is 44.3 Å². The number of likely N-dealkylation sites (N-methyl/N-ethyl adjacent to an activating group) is 1. The minimum atomic E-state index is -3.99. The number of hydrogen-bond donors (Lipinski definition) is 1. The van der Waals surface area contributed by atoms with Crippen LogP contribution in [0.25, 0.3) is 0 Å². The molecular formula is C17H19FN2O6S. The third kappa shape index (κ3) is 5.63. The van der Waals surface area contributed by atoms with Crippen LogP contribution in [0, 0.1) is 5.82 Å². The van der Waals surface area contributed by atoms with Gasteiger partial charge in [-0.1, -0.05) is 0 Å². The lowest BCUT2D eigenvalue weighted by molar-refractivity contribution is -0.154. The molecule has 0 fully saturated rings. The largest absolute Gasteiger partial charge is 0.467 e. The first kappa shape index (κ1) is 20.6. The molecule has 8 nitrogen and oxygen atoms in total. The fourth-order valence-corrected chi connectivity index (χ4v) is 3.19. The van der Waals surface area contributed by atoms with Crippen molar-refractivity contribution in [2.45, 2.75) is 24.5 Å². The smallest absolute Gasteiger partial charge is 0.322 e. The van der Waals surface area contributed by atoms with Gasteiger partial charge in [-0.15, -0.1) is 0 Å². The summed E-state index contributed by atoms with van der Waals surface area (Å²) in [5, 5.41) is 2.53. The van der Waals surface area contributed by atoms with E-state index in [1.165, 1.54) is 20.2 Å². The molecule has 2 rings (SSSR count). The maximum atomic E-state index is 12.9. The molecule has 0 aliphatic rings. The Morgan fingerprint density at radius 2 is 1.93 bits per heavy atom. The number of rotatable bonds is 8. The van der Waals surface area contributed by atoms with Gasteiger partial charge in [0.2, 0.25) is 10.0 Å². The first-order valence-corrected chi connectivity index (χ1v) is 9.35. The third-order valence-corrected chi connectivity index (χ3v) is 5.39. The predicted octanol–water partition coefficient (Wildman–Crippen LogP) is 1.29. The van der Waals surface area contributed by atoms with E-state index >= 15 is 0 Å². The lowest BCUT2D eigenvalue weighted by Crippen LogP contribution is -2.39. The van der Waals surface area contributed by atoms with Crippen molar-refractivity contribution in [1.82, 2.24) is 9.62 Å². The number of carbonyl (C=O) groups excluding carboxylic acids is 2. The van der Waals surface area contributed by atoms with Crippen molar-refractivity contribution in [1.29, 1.82) is 0 Å². The number of hydrogen-bond acceptors (Lipinski definition) is 6. The molecule has 0 radical (unpaired) electrons. The highest BCUT2D eigenvalue weighted by molar-refractivity contribution is 7.89. The van der Waals surface area contributed by atoms with Gasteiger partial charge in [0.25, 0.3) is 5.91 Å². The van der Waals surface area contributed by atoms with Gasteiger partial charge in [0.05, 0.1) is 17.7 Å². The topological polar surface area (TPSA) is 106 Å². The average Bonchev–Trinajstić information content (AvgIpc) is 3.13. The van der Waals surface area contributed by atoms with Gasteiger partial charge in [0, 0.05) is 7.05 Å². The second kappa shape index (κ2) is 8.78. The van der Waals surface area contributed by atoms with E-state index in [0.717, 1.165) is 28.6 Å². The average molecular weight is 398 g/mol. The molecule has 1 atom stereocenters. The normalized spacial score (nSPS) is 12.6. The summed E-state index contributed by atoms with van der Waals surface area (Å²) in [6, 6.07) is 7.54. The van der Waals surface area contributed by atoms with Crippen LogP contribution in [-0.2, 0) is 30.9 Å². The van der Waals surface area contributed by atoms with E-state index in [2.05, 4.69) is 5.32 Å². The molecule has 0 aliphatic carbocycles. The maximum absolute atomic E-state index is 12.9. The zero-order chi connectivity index (χ0) is 20.0. The van der Waals surface area contributed by atoms with Gasteiger partial charge in [0.15, 0.2) is 6.10 Å². The molecule has 1 unspecified atom stereocenters. The number of amides is 1. The second-order valence-electron chi connectivity index (χ2n) is 5.64. The van der Waals surface area contributed by atoms with Crippen LogP contribution in [0.1, 0.15) is 12.7 Å². The Morgan fingerprint density at radius 1 is 1.26 bits per heavy atom. The van der Waals surface area contributed by atoms with E-state index < -0.39 is 40.4 Å². The van der Waals surface area contributed by atoms with Crippen LogP contribution < -0.4 is 5.32 Å². The van der Waals surface area contributed by atoms with Crippen LogP contribution in [0.4, 0.5) is 4.39 Å². The van der Waals surface area contributed by atoms with Crippen LogP contribution in [0.3, 0.4) is 0 Å². The van der Waals surface area contributed by atoms with Crippen molar-refractivity contribution < 1.29 is 31.6 Å². The molecule has 0 saturated carbocycles. The number of benzene rings is 1. The highest BCUT2D eigenvalue weighted by Crippen LogP contribution is 2.14. The van der Waals surface area contributed by atoms with Crippen LogP contribution in [0.5, 0.6) is 0 Å². The van der Waals surface area contributed by atoms with E-state index in [9.17, 15) is 22.4 Å². The molecule has 1 N–H and O–H groups in total. The summed E-state index contributed by atoms with van der Waals surface area (Å²) in [7, 11) is -2.81. The Hall–Kier alpha value is -2.72.